The summed E-state index contributed by atoms with van der Waals surface area (Å²) in [5.74, 6) is 0.265. The Morgan fingerprint density at radius 3 is 2.54 bits per heavy atom. The maximum absolute atomic E-state index is 14.4. The van der Waals surface area contributed by atoms with Crippen LogP contribution in [0.1, 0.15) is 46.1 Å². The van der Waals surface area contributed by atoms with Crippen LogP contribution in [0.3, 0.4) is 0 Å². The number of nitrogens with zero attached hydrogens (tertiary/aromatic N) is 5. The molecule has 0 aliphatic carbocycles. The Hall–Kier alpha value is -3.48. The number of rotatable bonds is 11. The topological polar surface area (TPSA) is 121 Å². The molecule has 1 fully saturated rings. The largest absolute Gasteiger partial charge is 0.501 e. The monoisotopic (exact) mass is 585 g/mol. The summed E-state index contributed by atoms with van der Waals surface area (Å²) in [7, 11) is 1.53. The van der Waals surface area contributed by atoms with E-state index in [2.05, 4.69) is 11.7 Å². The summed E-state index contributed by atoms with van der Waals surface area (Å²) in [4.78, 5) is 44.4. The Morgan fingerprint density at radius 1 is 1.29 bits per heavy atom. The van der Waals surface area contributed by atoms with Crippen molar-refractivity contribution in [1.29, 1.82) is 0 Å². The van der Waals surface area contributed by atoms with E-state index in [1.165, 1.54) is 23.0 Å². The van der Waals surface area contributed by atoms with E-state index in [4.69, 9.17) is 9.47 Å². The summed E-state index contributed by atoms with van der Waals surface area (Å²) >= 11 is 1.27. The van der Waals surface area contributed by atoms with E-state index >= 15 is 0 Å². The molecule has 2 atom stereocenters. The molecular weight excluding hydrogens is 546 g/mol. The Bertz CT molecular complexity index is 1570. The number of aliphatic hydroxyl groups excluding tert-OH is 1. The first-order valence-electron chi connectivity index (χ1n) is 13.7. The lowest BCUT2D eigenvalue weighted by atomic mass is 10.0. The van der Waals surface area contributed by atoms with Crippen molar-refractivity contribution in [3.63, 3.8) is 0 Å². The summed E-state index contributed by atoms with van der Waals surface area (Å²) < 4.78 is 15.8. The molecule has 1 N–H and O–H groups in total. The Labute approximate surface area is 242 Å². The molecule has 11 nitrogen and oxygen atoms in total. The Morgan fingerprint density at radius 2 is 1.98 bits per heavy atom. The molecule has 4 rings (SSSR count). The third-order valence-electron chi connectivity index (χ3n) is 7.54. The van der Waals surface area contributed by atoms with Gasteiger partial charge in [-0.05, 0) is 53.5 Å². The van der Waals surface area contributed by atoms with Crippen molar-refractivity contribution in [3.05, 3.63) is 68.8 Å². The van der Waals surface area contributed by atoms with E-state index < -0.39 is 29.0 Å². The maximum Gasteiger partial charge on any atom is 0.333 e. The van der Waals surface area contributed by atoms with Crippen molar-refractivity contribution >= 4 is 27.5 Å². The molecule has 0 saturated carbocycles. The van der Waals surface area contributed by atoms with Crippen molar-refractivity contribution < 1.29 is 19.4 Å². The minimum atomic E-state index is -1.44. The molecule has 41 heavy (non-hydrogen) atoms. The van der Waals surface area contributed by atoms with Crippen molar-refractivity contribution in [2.24, 2.45) is 0 Å². The molecule has 0 spiro atoms. The molecule has 1 aliphatic heterocycles. The van der Waals surface area contributed by atoms with Crippen LogP contribution in [0.25, 0.3) is 15.2 Å². The van der Waals surface area contributed by atoms with Crippen LogP contribution in [-0.4, -0.2) is 73.8 Å². The quantitative estimate of drug-likeness (QED) is 0.271. The number of aliphatic hydroxyl groups is 1. The first-order valence-corrected chi connectivity index (χ1v) is 14.5. The summed E-state index contributed by atoms with van der Waals surface area (Å²) in [6.45, 7) is 13.5. The number of fused-ring (bicyclic) bond motifs is 1. The van der Waals surface area contributed by atoms with Crippen LogP contribution in [0.2, 0.25) is 0 Å². The second-order valence-corrected chi connectivity index (χ2v) is 11.8. The van der Waals surface area contributed by atoms with Gasteiger partial charge in [-0.15, -0.1) is 0 Å². The highest BCUT2D eigenvalue weighted by Crippen LogP contribution is 2.32. The SMILES string of the molecule is C=C/C(=C(\C)OC)[C@H](Cn1c(=O)n(C(C)(C)C(=O)N2CCCC2)c(=O)c2c(C)c(-n3cccn3)sc21)OC[C@@H](C)O. The van der Waals surface area contributed by atoms with Gasteiger partial charge in [-0.1, -0.05) is 24.0 Å². The van der Waals surface area contributed by atoms with Crippen LogP contribution in [0.15, 0.2) is 52.0 Å². The van der Waals surface area contributed by atoms with Gasteiger partial charge < -0.3 is 19.5 Å². The molecule has 3 aromatic heterocycles. The number of thiophene rings is 1. The van der Waals surface area contributed by atoms with Gasteiger partial charge in [0.05, 0.1) is 37.5 Å². The highest BCUT2D eigenvalue weighted by atomic mass is 32.1. The van der Waals surface area contributed by atoms with Gasteiger partial charge >= 0.3 is 5.69 Å². The van der Waals surface area contributed by atoms with E-state index in [0.717, 1.165) is 17.4 Å². The van der Waals surface area contributed by atoms with Crippen LogP contribution >= 0.6 is 11.3 Å². The summed E-state index contributed by atoms with van der Waals surface area (Å²) in [6, 6.07) is 1.78. The molecule has 12 heteroatoms. The van der Waals surface area contributed by atoms with Gasteiger partial charge in [-0.2, -0.15) is 5.10 Å². The molecule has 222 valence electrons. The molecule has 1 amide bonds. The summed E-state index contributed by atoms with van der Waals surface area (Å²) in [5, 5.41) is 15.3. The molecular formula is C29H39N5O6S. The zero-order valence-corrected chi connectivity index (χ0v) is 25.4. The van der Waals surface area contributed by atoms with Crippen molar-refractivity contribution in [3.8, 4) is 5.00 Å². The molecule has 1 saturated heterocycles. The smallest absolute Gasteiger partial charge is 0.333 e. The predicted octanol–water partition coefficient (Wildman–Crippen LogP) is 2.95. The summed E-state index contributed by atoms with van der Waals surface area (Å²) in [6.07, 6.45) is 5.27. The second-order valence-electron chi connectivity index (χ2n) is 10.8. The van der Waals surface area contributed by atoms with Gasteiger partial charge in [0.1, 0.15) is 21.5 Å². The second kappa shape index (κ2) is 12.2. The van der Waals surface area contributed by atoms with Gasteiger partial charge in [-0.3, -0.25) is 14.2 Å². The number of allylic oxidation sites excluding steroid dienone is 1. The standard InChI is InChI=1S/C29H39N5O6S/c1-8-21(20(4)39-7)22(40-17-18(2)35)16-32-26-23(19(3)25(41-26)33-15-11-12-30-33)24(36)34(28(32)38)29(5,6)27(37)31-13-9-10-14-31/h8,11-12,15,18,22,35H,1,9-10,13-14,16-17H2,2-7H3/b21-20-/t18-,22+/m1/s1. The highest BCUT2D eigenvalue weighted by Gasteiger charge is 2.39. The van der Waals surface area contributed by atoms with Gasteiger partial charge in [0.25, 0.3) is 5.56 Å². The van der Waals surface area contributed by atoms with Crippen LogP contribution in [0.4, 0.5) is 0 Å². The zero-order chi connectivity index (χ0) is 30.1. The molecule has 3 aromatic rings. The maximum atomic E-state index is 14.4. The molecule has 1 aliphatic rings. The zero-order valence-electron chi connectivity index (χ0n) is 24.5. The normalized spacial score (nSPS) is 16.1. The van der Waals surface area contributed by atoms with Crippen LogP contribution in [0, 0.1) is 6.92 Å². The average molecular weight is 586 g/mol. The van der Waals surface area contributed by atoms with Gasteiger partial charge in [0.15, 0.2) is 0 Å². The third-order valence-corrected chi connectivity index (χ3v) is 8.85. The number of amides is 1. The lowest BCUT2D eigenvalue weighted by molar-refractivity contribution is -0.138. The van der Waals surface area contributed by atoms with Gasteiger partial charge in [0, 0.05) is 36.6 Å². The fourth-order valence-corrected chi connectivity index (χ4v) is 6.53. The Balaban J connectivity index is 2.01. The average Bonchev–Trinajstić information content (AvgIpc) is 3.70. The first kappa shape index (κ1) is 30.5. The molecule has 0 bridgehead atoms. The minimum absolute atomic E-state index is 0.00250. The number of methoxy groups -OCH3 is 1. The highest BCUT2D eigenvalue weighted by molar-refractivity contribution is 7.21. The van der Waals surface area contributed by atoms with Gasteiger partial charge in [0.2, 0.25) is 5.91 Å². The third kappa shape index (κ3) is 5.68. The number of aromatic nitrogens is 4. The number of carbonyl (C=O) groups is 1. The van der Waals surface area contributed by atoms with E-state index in [9.17, 15) is 19.5 Å². The van der Waals surface area contributed by atoms with E-state index in [-0.39, 0.29) is 19.1 Å². The number of hydrogen-bond donors (Lipinski definition) is 1. The molecule has 0 unspecified atom stereocenters. The fourth-order valence-electron chi connectivity index (χ4n) is 5.28. The minimum Gasteiger partial charge on any atom is -0.501 e. The number of ether oxygens (including phenoxy) is 2. The van der Waals surface area contributed by atoms with E-state index in [1.807, 2.05) is 6.92 Å². The van der Waals surface area contributed by atoms with Crippen molar-refractivity contribution in [2.45, 2.75) is 71.8 Å². The Kier molecular flexibility index (Phi) is 9.05. The van der Waals surface area contributed by atoms with Gasteiger partial charge in [-0.25, -0.2) is 14.0 Å². The lowest BCUT2D eigenvalue weighted by Gasteiger charge is -2.31. The molecule has 4 heterocycles. The van der Waals surface area contributed by atoms with Crippen molar-refractivity contribution in [1.82, 2.24) is 23.8 Å². The molecule has 0 radical (unpaired) electrons. The predicted molar refractivity (Wildman–Crippen MR) is 159 cm³/mol. The van der Waals surface area contributed by atoms with Crippen LogP contribution < -0.4 is 11.2 Å². The van der Waals surface area contributed by atoms with Crippen molar-refractivity contribution in [2.75, 3.05) is 26.8 Å². The van der Waals surface area contributed by atoms with E-state index in [0.29, 0.717) is 45.2 Å². The van der Waals surface area contributed by atoms with Crippen LogP contribution in [0.5, 0.6) is 0 Å². The summed E-state index contributed by atoms with van der Waals surface area (Å²) in [5.41, 5.74) is -1.35. The number of carbonyl (C=O) groups excluding carboxylic acids is 1. The molecule has 0 aromatic carbocycles. The first-order chi connectivity index (χ1) is 19.4. The number of hydrogen-bond acceptors (Lipinski definition) is 8. The number of aryl methyl sites for hydroxylation is 1. The lowest BCUT2D eigenvalue weighted by Crippen LogP contribution is -2.56. The number of likely N-dealkylation sites (tertiary alicyclic amines) is 1. The van der Waals surface area contributed by atoms with Crippen LogP contribution in [-0.2, 0) is 26.4 Å². The van der Waals surface area contributed by atoms with E-state index in [1.54, 1.807) is 61.8 Å². The fraction of sp³-hybridized carbons (Fsp3) is 0.517.